The van der Waals surface area contributed by atoms with Crippen LogP contribution in [0.15, 0.2) is 65.3 Å². The average Bonchev–Trinajstić information content (AvgIpc) is 3.26. The summed E-state index contributed by atoms with van der Waals surface area (Å²) in [5, 5.41) is 32.2. The van der Waals surface area contributed by atoms with Gasteiger partial charge in [-0.05, 0) is 80.3 Å². The molecule has 3 aliphatic rings. The van der Waals surface area contributed by atoms with Gasteiger partial charge in [-0.25, -0.2) is 0 Å². The number of phenolic OH excluding ortho intramolecular Hbond substituents is 1. The lowest BCUT2D eigenvalue weighted by atomic mass is 9.68. The first-order valence-corrected chi connectivity index (χ1v) is 16.4. The van der Waals surface area contributed by atoms with Gasteiger partial charge in [0.1, 0.15) is 5.75 Å². The minimum atomic E-state index is -0.832. The number of nitrogens with zero attached hydrogens (tertiary/aromatic N) is 2. The fourth-order valence-electron chi connectivity index (χ4n) is 7.60. The molecule has 0 unspecified atom stereocenters. The molecule has 1 aliphatic carbocycles. The Labute approximate surface area is 265 Å². The highest BCUT2D eigenvalue weighted by atomic mass is 35.5. The first kappa shape index (κ1) is 32.4. The van der Waals surface area contributed by atoms with Crippen molar-refractivity contribution < 1.29 is 24.9 Å². The van der Waals surface area contributed by atoms with Crippen molar-refractivity contribution in [2.24, 2.45) is 17.8 Å². The summed E-state index contributed by atoms with van der Waals surface area (Å²) in [6.45, 7) is 6.24. The van der Waals surface area contributed by atoms with Gasteiger partial charge in [0.25, 0.3) is 0 Å². The molecule has 2 fully saturated rings. The predicted octanol–water partition coefficient (Wildman–Crippen LogP) is 5.96. The Morgan fingerprint density at radius 3 is 2.45 bits per heavy atom. The van der Waals surface area contributed by atoms with Crippen molar-refractivity contribution in [3.63, 3.8) is 0 Å². The number of likely N-dealkylation sites (tertiary alicyclic amines) is 2. The number of halogens is 1. The minimum absolute atomic E-state index is 0.111. The highest BCUT2D eigenvalue weighted by Gasteiger charge is 2.56. The van der Waals surface area contributed by atoms with E-state index < -0.39 is 23.9 Å². The number of piperidine rings is 1. The van der Waals surface area contributed by atoms with Crippen LogP contribution in [-0.4, -0.2) is 68.8 Å². The van der Waals surface area contributed by atoms with Crippen LogP contribution in [0.3, 0.4) is 0 Å². The van der Waals surface area contributed by atoms with E-state index in [-0.39, 0.29) is 30.2 Å². The Hall–Kier alpha value is -2.97. The zero-order valence-electron chi connectivity index (χ0n) is 25.8. The third-order valence-electron chi connectivity index (χ3n) is 9.74. The van der Waals surface area contributed by atoms with Gasteiger partial charge in [0.05, 0.1) is 29.6 Å². The van der Waals surface area contributed by atoms with Crippen LogP contribution < -0.4 is 0 Å². The van der Waals surface area contributed by atoms with Crippen LogP contribution in [0.5, 0.6) is 5.75 Å². The first-order valence-electron chi connectivity index (χ1n) is 16.0. The molecule has 0 saturated carbocycles. The van der Waals surface area contributed by atoms with Crippen molar-refractivity contribution in [3.8, 4) is 5.75 Å². The molecule has 2 aliphatic heterocycles. The van der Waals surface area contributed by atoms with Crippen LogP contribution in [0.4, 0.5) is 0 Å². The largest absolute Gasteiger partial charge is 0.508 e. The molecule has 2 aromatic rings. The number of imide groups is 1. The van der Waals surface area contributed by atoms with Gasteiger partial charge in [-0.1, -0.05) is 72.5 Å². The second kappa shape index (κ2) is 14.4. The fraction of sp³-hybridized carbons (Fsp3) is 0.500. The fourth-order valence-corrected chi connectivity index (χ4v) is 7.83. The number of carbonyl (C=O) groups is 2. The van der Waals surface area contributed by atoms with Gasteiger partial charge in [0, 0.05) is 31.6 Å². The van der Waals surface area contributed by atoms with Gasteiger partial charge >= 0.3 is 0 Å². The summed E-state index contributed by atoms with van der Waals surface area (Å²) in [5.41, 5.74) is 4.82. The van der Waals surface area contributed by atoms with Crippen molar-refractivity contribution in [2.75, 3.05) is 19.7 Å². The molecule has 236 valence electrons. The number of phenols is 1. The van der Waals surface area contributed by atoms with E-state index in [1.165, 1.54) is 16.5 Å². The van der Waals surface area contributed by atoms with Gasteiger partial charge < -0.3 is 15.3 Å². The second-order valence-electron chi connectivity index (χ2n) is 12.7. The standard InChI is InChI=1S/C36H45ClN2O5/c1-3-7-24(19-26-11-12-28(41)20-31(26)37)10-13-32(42)33-23(2)18-29-34(30(33)22-40)36(44)39(35(29)43)27-14-16-38(17-15-27)21-25-8-5-4-6-9-25/h4-6,8-9,11-12,19-20,27,29-30,32,34,40-42H,3,7,10,13-18,21-22H2,1-2H3/b24-19+/t29-,30+,32-,34-/m1/s1. The van der Waals surface area contributed by atoms with Gasteiger partial charge in [-0.3, -0.25) is 19.4 Å². The lowest BCUT2D eigenvalue weighted by molar-refractivity contribution is -0.144. The van der Waals surface area contributed by atoms with E-state index >= 15 is 0 Å². The Kier molecular flexibility index (Phi) is 10.6. The molecule has 2 saturated heterocycles. The van der Waals surface area contributed by atoms with Crippen molar-refractivity contribution in [1.82, 2.24) is 9.80 Å². The highest BCUT2D eigenvalue weighted by molar-refractivity contribution is 6.32. The van der Waals surface area contributed by atoms with E-state index in [1.807, 2.05) is 31.2 Å². The Balaban J connectivity index is 1.26. The molecule has 8 heteroatoms. The maximum atomic E-state index is 13.9. The number of benzene rings is 2. The molecule has 7 nitrogen and oxygen atoms in total. The molecule has 0 spiro atoms. The zero-order valence-corrected chi connectivity index (χ0v) is 26.5. The number of hydrogen-bond acceptors (Lipinski definition) is 6. The van der Waals surface area contributed by atoms with Crippen molar-refractivity contribution in [1.29, 1.82) is 0 Å². The minimum Gasteiger partial charge on any atom is -0.508 e. The average molecular weight is 621 g/mol. The zero-order chi connectivity index (χ0) is 31.4. The van der Waals surface area contributed by atoms with E-state index in [1.54, 1.807) is 12.1 Å². The first-order chi connectivity index (χ1) is 21.2. The smallest absolute Gasteiger partial charge is 0.234 e. The van der Waals surface area contributed by atoms with E-state index in [0.717, 1.165) is 62.0 Å². The topological polar surface area (TPSA) is 101 Å². The Morgan fingerprint density at radius 1 is 1.07 bits per heavy atom. The quantitative estimate of drug-likeness (QED) is 0.212. The van der Waals surface area contributed by atoms with E-state index in [2.05, 4.69) is 24.0 Å². The van der Waals surface area contributed by atoms with Crippen molar-refractivity contribution in [3.05, 3.63) is 81.4 Å². The molecule has 2 amide bonds. The molecule has 4 atom stereocenters. The normalized spacial score (nSPS) is 24.2. The van der Waals surface area contributed by atoms with Crippen LogP contribution in [0.1, 0.15) is 69.9 Å². The van der Waals surface area contributed by atoms with Crippen molar-refractivity contribution >= 4 is 29.5 Å². The van der Waals surface area contributed by atoms with Gasteiger partial charge in [-0.2, -0.15) is 0 Å². The summed E-state index contributed by atoms with van der Waals surface area (Å²) in [4.78, 5) is 31.5. The van der Waals surface area contributed by atoms with Crippen LogP contribution in [0, 0.1) is 17.8 Å². The van der Waals surface area contributed by atoms with Crippen molar-refractivity contribution in [2.45, 2.75) is 77.5 Å². The Bertz CT molecular complexity index is 1400. The summed E-state index contributed by atoms with van der Waals surface area (Å²) < 4.78 is 0. The maximum absolute atomic E-state index is 13.9. The maximum Gasteiger partial charge on any atom is 0.234 e. The number of allylic oxidation sites excluding steroid dienone is 2. The molecule has 3 N–H and O–H groups in total. The monoisotopic (exact) mass is 620 g/mol. The summed E-state index contributed by atoms with van der Waals surface area (Å²) in [7, 11) is 0. The number of hydrogen-bond donors (Lipinski definition) is 3. The van der Waals surface area contributed by atoms with Crippen LogP contribution in [0.25, 0.3) is 6.08 Å². The van der Waals surface area contributed by atoms with Crippen LogP contribution in [0.2, 0.25) is 5.02 Å². The molecule has 0 radical (unpaired) electrons. The number of aliphatic hydroxyl groups is 2. The third-order valence-corrected chi connectivity index (χ3v) is 10.1. The molecule has 5 rings (SSSR count). The molecular weight excluding hydrogens is 576 g/mol. The number of rotatable bonds is 11. The summed E-state index contributed by atoms with van der Waals surface area (Å²) in [6.07, 6.45) is 5.93. The molecule has 0 bridgehead atoms. The summed E-state index contributed by atoms with van der Waals surface area (Å²) >= 11 is 6.35. The predicted molar refractivity (Wildman–Crippen MR) is 173 cm³/mol. The molecule has 2 heterocycles. The lowest BCUT2D eigenvalue weighted by Gasteiger charge is -2.36. The third kappa shape index (κ3) is 6.96. The molecular formula is C36H45ClN2O5. The second-order valence-corrected chi connectivity index (χ2v) is 13.1. The molecule has 0 aromatic heterocycles. The van der Waals surface area contributed by atoms with Crippen LogP contribution in [-0.2, 0) is 16.1 Å². The Morgan fingerprint density at radius 2 is 1.80 bits per heavy atom. The van der Waals surface area contributed by atoms with Crippen LogP contribution >= 0.6 is 11.6 Å². The van der Waals surface area contributed by atoms with Gasteiger partial charge in [-0.15, -0.1) is 0 Å². The summed E-state index contributed by atoms with van der Waals surface area (Å²) in [6, 6.07) is 15.1. The number of aliphatic hydroxyl groups excluding tert-OH is 2. The lowest BCUT2D eigenvalue weighted by Crippen LogP contribution is -2.47. The highest BCUT2D eigenvalue weighted by Crippen LogP contribution is 2.47. The molecule has 44 heavy (non-hydrogen) atoms. The number of aromatic hydroxyl groups is 1. The summed E-state index contributed by atoms with van der Waals surface area (Å²) in [5.74, 6) is -1.89. The van der Waals surface area contributed by atoms with Gasteiger partial charge in [0.2, 0.25) is 11.8 Å². The number of carbonyl (C=O) groups excluding carboxylic acids is 2. The van der Waals surface area contributed by atoms with Gasteiger partial charge in [0.15, 0.2) is 0 Å². The van der Waals surface area contributed by atoms with E-state index in [0.29, 0.717) is 29.9 Å². The SMILES string of the molecule is CCC/C(=C\c1ccc(O)cc1Cl)CC[C@@H](O)C1=C(C)C[C@H]2C(=O)N(C3CCN(Cc4ccccc4)CC3)C(=O)[C@H]2[C@H]1CO. The molecule has 2 aromatic carbocycles. The number of amides is 2. The number of fused-ring (bicyclic) bond motifs is 1. The van der Waals surface area contributed by atoms with E-state index in [9.17, 15) is 24.9 Å². The van der Waals surface area contributed by atoms with E-state index in [4.69, 9.17) is 11.6 Å².